The molecule has 0 amide bonds. The predicted octanol–water partition coefficient (Wildman–Crippen LogP) is 4.94. The number of carbonyl (C=O) groups excluding carboxylic acids is 1. The van der Waals surface area contributed by atoms with Gasteiger partial charge in [0.15, 0.2) is 5.82 Å². The molecular formula is C25H27N3O4. The minimum Gasteiger partial charge on any atom is -0.440 e. The average Bonchev–Trinajstić information content (AvgIpc) is 3.34. The van der Waals surface area contributed by atoms with E-state index in [9.17, 15) is 4.79 Å². The molecule has 2 aliphatic rings. The molecular weight excluding hydrogens is 406 g/mol. The third-order valence-electron chi connectivity index (χ3n) is 6.09. The zero-order chi connectivity index (χ0) is 22.5. The number of aromatic nitrogens is 1. The van der Waals surface area contributed by atoms with Crippen LogP contribution in [0.25, 0.3) is 0 Å². The van der Waals surface area contributed by atoms with Gasteiger partial charge >= 0.3 is 11.9 Å². The first kappa shape index (κ1) is 20.4. The summed E-state index contributed by atoms with van der Waals surface area (Å²) in [5.74, 6) is 1.06. The molecule has 0 aliphatic carbocycles. The standard InChI is InChI=1S/C25H27N3O4/c1-5-13-28(14-6-2)16-11-12-19-20(15-16)30-24-21(22(26-32-24)27(3)4)25(19)18-10-8-7-9-17(18)23(29)31-25/h7-12,15H,5-6,13-14H2,1-4H3. The number of ether oxygens (including phenoxy) is 2. The summed E-state index contributed by atoms with van der Waals surface area (Å²) >= 11 is 0. The predicted molar refractivity (Wildman–Crippen MR) is 122 cm³/mol. The number of hydrogen-bond acceptors (Lipinski definition) is 7. The van der Waals surface area contributed by atoms with Crippen LogP contribution in [0.4, 0.5) is 11.5 Å². The van der Waals surface area contributed by atoms with E-state index in [-0.39, 0.29) is 11.9 Å². The first-order chi connectivity index (χ1) is 15.5. The lowest BCUT2D eigenvalue weighted by Crippen LogP contribution is -2.34. The summed E-state index contributed by atoms with van der Waals surface area (Å²) in [5.41, 5.74) is 2.59. The molecule has 3 aromatic rings. The van der Waals surface area contributed by atoms with Crippen molar-refractivity contribution in [3.05, 3.63) is 64.7 Å². The molecule has 7 heteroatoms. The van der Waals surface area contributed by atoms with E-state index in [1.54, 1.807) is 6.07 Å². The van der Waals surface area contributed by atoms with E-state index in [1.807, 2.05) is 49.3 Å². The summed E-state index contributed by atoms with van der Waals surface area (Å²) in [4.78, 5) is 17.1. The number of nitrogens with zero attached hydrogens (tertiary/aromatic N) is 3. The van der Waals surface area contributed by atoms with Crippen LogP contribution in [-0.2, 0) is 10.3 Å². The van der Waals surface area contributed by atoms with Crippen LogP contribution in [-0.4, -0.2) is 38.3 Å². The smallest absolute Gasteiger partial charge is 0.340 e. The van der Waals surface area contributed by atoms with Crippen molar-refractivity contribution in [3.63, 3.8) is 0 Å². The van der Waals surface area contributed by atoms with Crippen molar-refractivity contribution < 1.29 is 18.8 Å². The maximum atomic E-state index is 13.0. The second-order valence-electron chi connectivity index (χ2n) is 8.45. The van der Waals surface area contributed by atoms with Crippen LogP contribution in [0, 0.1) is 0 Å². The lowest BCUT2D eigenvalue weighted by atomic mass is 9.78. The molecule has 0 fully saturated rings. The fourth-order valence-corrected chi connectivity index (χ4v) is 4.77. The van der Waals surface area contributed by atoms with Crippen molar-refractivity contribution in [3.8, 4) is 11.7 Å². The number of carbonyl (C=O) groups is 1. The third-order valence-corrected chi connectivity index (χ3v) is 6.09. The van der Waals surface area contributed by atoms with Crippen LogP contribution >= 0.6 is 0 Å². The first-order valence-electron chi connectivity index (χ1n) is 11.1. The maximum absolute atomic E-state index is 13.0. The van der Waals surface area contributed by atoms with Gasteiger partial charge in [-0.2, -0.15) is 0 Å². The SMILES string of the molecule is CCCN(CCC)c1ccc2c(c1)Oc1onc(N(C)C)c1C21OC(=O)c2ccccc21. The monoisotopic (exact) mass is 433 g/mol. The summed E-state index contributed by atoms with van der Waals surface area (Å²) in [5, 5.41) is 4.24. The molecule has 2 aliphatic heterocycles. The lowest BCUT2D eigenvalue weighted by Gasteiger charge is -2.35. The molecule has 3 heterocycles. The van der Waals surface area contributed by atoms with Gasteiger partial charge in [0.25, 0.3) is 0 Å². The fourth-order valence-electron chi connectivity index (χ4n) is 4.77. The van der Waals surface area contributed by atoms with E-state index < -0.39 is 5.60 Å². The Hall–Kier alpha value is -3.48. The van der Waals surface area contributed by atoms with Crippen LogP contribution in [0.3, 0.4) is 0 Å². The molecule has 1 aromatic heterocycles. The van der Waals surface area contributed by atoms with Crippen LogP contribution in [0.5, 0.6) is 11.7 Å². The Morgan fingerprint density at radius 3 is 2.47 bits per heavy atom. The Kier molecular flexibility index (Phi) is 4.84. The maximum Gasteiger partial charge on any atom is 0.340 e. The molecule has 0 saturated heterocycles. The van der Waals surface area contributed by atoms with Gasteiger partial charge in [-0.3, -0.25) is 0 Å². The molecule has 7 nitrogen and oxygen atoms in total. The van der Waals surface area contributed by atoms with E-state index in [1.165, 1.54) is 0 Å². The van der Waals surface area contributed by atoms with Crippen LogP contribution in [0.1, 0.15) is 53.7 Å². The molecule has 2 aromatic carbocycles. The number of fused-ring (bicyclic) bond motifs is 6. The van der Waals surface area contributed by atoms with E-state index in [4.69, 9.17) is 14.0 Å². The van der Waals surface area contributed by atoms with Gasteiger partial charge in [-0.25, -0.2) is 4.79 Å². The molecule has 0 bridgehead atoms. The Morgan fingerprint density at radius 2 is 1.75 bits per heavy atom. The number of anilines is 2. The van der Waals surface area contributed by atoms with Gasteiger partial charge in [-0.1, -0.05) is 37.2 Å². The summed E-state index contributed by atoms with van der Waals surface area (Å²) in [6, 6.07) is 13.6. The number of esters is 1. The highest BCUT2D eigenvalue weighted by Crippen LogP contribution is 2.58. The molecule has 32 heavy (non-hydrogen) atoms. The molecule has 1 unspecified atom stereocenters. The van der Waals surface area contributed by atoms with Gasteiger partial charge < -0.3 is 23.8 Å². The molecule has 1 spiro atoms. The van der Waals surface area contributed by atoms with Crippen molar-refractivity contribution in [1.29, 1.82) is 0 Å². The largest absolute Gasteiger partial charge is 0.440 e. The minimum absolute atomic E-state index is 0.250. The summed E-state index contributed by atoms with van der Waals surface area (Å²) in [6.45, 7) is 6.25. The zero-order valence-electron chi connectivity index (χ0n) is 18.8. The van der Waals surface area contributed by atoms with Crippen LogP contribution < -0.4 is 14.5 Å². The Morgan fingerprint density at radius 1 is 1.00 bits per heavy atom. The summed E-state index contributed by atoms with van der Waals surface area (Å²) in [7, 11) is 3.75. The second kappa shape index (κ2) is 7.58. The van der Waals surface area contributed by atoms with Gasteiger partial charge in [0.05, 0.1) is 5.56 Å². The number of hydrogen-bond donors (Lipinski definition) is 0. The normalized spacial score (nSPS) is 17.9. The van der Waals surface area contributed by atoms with E-state index in [0.717, 1.165) is 42.7 Å². The third kappa shape index (κ3) is 2.80. The van der Waals surface area contributed by atoms with E-state index in [2.05, 4.69) is 30.0 Å². The molecule has 0 saturated carbocycles. The molecule has 0 N–H and O–H groups in total. The highest BCUT2D eigenvalue weighted by molar-refractivity contribution is 5.97. The van der Waals surface area contributed by atoms with Gasteiger partial charge in [0.1, 0.15) is 11.3 Å². The Balaban J connectivity index is 1.75. The number of benzene rings is 2. The Labute approximate surface area is 187 Å². The first-order valence-corrected chi connectivity index (χ1v) is 11.1. The highest BCUT2D eigenvalue weighted by Gasteiger charge is 2.57. The molecule has 1 atom stereocenters. The van der Waals surface area contributed by atoms with Crippen LogP contribution in [0.15, 0.2) is 47.0 Å². The van der Waals surface area contributed by atoms with Gasteiger partial charge in [0, 0.05) is 50.1 Å². The van der Waals surface area contributed by atoms with E-state index >= 15 is 0 Å². The minimum atomic E-state index is -1.17. The van der Waals surface area contributed by atoms with Crippen molar-refractivity contribution in [2.75, 3.05) is 37.0 Å². The van der Waals surface area contributed by atoms with Gasteiger partial charge in [-0.15, -0.1) is 0 Å². The molecule has 0 radical (unpaired) electrons. The van der Waals surface area contributed by atoms with Crippen molar-refractivity contribution in [2.45, 2.75) is 32.3 Å². The van der Waals surface area contributed by atoms with Gasteiger partial charge in [-0.05, 0) is 31.0 Å². The van der Waals surface area contributed by atoms with Crippen molar-refractivity contribution >= 4 is 17.5 Å². The average molecular weight is 434 g/mol. The highest BCUT2D eigenvalue weighted by atomic mass is 16.6. The lowest BCUT2D eigenvalue weighted by molar-refractivity contribution is 0.0216. The van der Waals surface area contributed by atoms with E-state index in [0.29, 0.717) is 22.7 Å². The second-order valence-corrected chi connectivity index (χ2v) is 8.45. The topological polar surface area (TPSA) is 68.0 Å². The Bertz CT molecular complexity index is 1180. The summed E-state index contributed by atoms with van der Waals surface area (Å²) < 4.78 is 18.0. The zero-order valence-corrected chi connectivity index (χ0v) is 18.8. The molecule has 5 rings (SSSR count). The fraction of sp³-hybridized carbons (Fsp3) is 0.360. The quantitative estimate of drug-likeness (QED) is 0.510. The van der Waals surface area contributed by atoms with Crippen molar-refractivity contribution in [2.24, 2.45) is 0 Å². The van der Waals surface area contributed by atoms with Crippen molar-refractivity contribution in [1.82, 2.24) is 5.16 Å². The molecule has 166 valence electrons. The number of rotatable bonds is 6. The van der Waals surface area contributed by atoms with Crippen LogP contribution in [0.2, 0.25) is 0 Å². The summed E-state index contributed by atoms with van der Waals surface area (Å²) in [6.07, 6.45) is 2.09. The van der Waals surface area contributed by atoms with Gasteiger partial charge in [0.2, 0.25) is 5.60 Å².